The van der Waals surface area contributed by atoms with Gasteiger partial charge in [-0.1, -0.05) is 18.2 Å². The summed E-state index contributed by atoms with van der Waals surface area (Å²) in [7, 11) is 0. The number of hydrogen-bond donors (Lipinski definition) is 3. The Balaban J connectivity index is 1.60. The van der Waals surface area contributed by atoms with E-state index in [1.807, 2.05) is 6.33 Å². The van der Waals surface area contributed by atoms with Crippen molar-refractivity contribution in [3.63, 3.8) is 0 Å². The number of aromatic amines is 2. The van der Waals surface area contributed by atoms with Crippen molar-refractivity contribution in [1.29, 1.82) is 0 Å². The quantitative estimate of drug-likeness (QED) is 0.691. The maximum Gasteiger partial charge on any atom is 0.0926 e. The lowest BCUT2D eigenvalue weighted by Gasteiger charge is -2.34. The van der Waals surface area contributed by atoms with Gasteiger partial charge < -0.3 is 15.3 Å². The molecule has 0 fully saturated rings. The summed E-state index contributed by atoms with van der Waals surface area (Å²) in [6, 6.07) is 8.50. The standard InChI is InChI=1S/C17H20N4/c1-17(16-15(7-9-21-17)19-11-20-16)8-6-12-10-18-14-5-3-2-4-13(12)14/h2-5,10-11,18,21H,6-9H2,1H3,(H,19,20)/t17-/m0/s1. The van der Waals surface area contributed by atoms with Gasteiger partial charge in [0.25, 0.3) is 0 Å². The number of fused-ring (bicyclic) bond motifs is 2. The highest BCUT2D eigenvalue weighted by atomic mass is 15.1. The van der Waals surface area contributed by atoms with E-state index in [0.717, 1.165) is 25.8 Å². The van der Waals surface area contributed by atoms with Crippen LogP contribution in [0.5, 0.6) is 0 Å². The smallest absolute Gasteiger partial charge is 0.0926 e. The van der Waals surface area contributed by atoms with Gasteiger partial charge in [0.1, 0.15) is 0 Å². The van der Waals surface area contributed by atoms with Gasteiger partial charge in [-0.15, -0.1) is 0 Å². The number of aryl methyl sites for hydroxylation is 1. The molecule has 108 valence electrons. The molecule has 1 atom stereocenters. The molecular formula is C17H20N4. The van der Waals surface area contributed by atoms with E-state index in [-0.39, 0.29) is 5.54 Å². The van der Waals surface area contributed by atoms with Crippen molar-refractivity contribution < 1.29 is 0 Å². The van der Waals surface area contributed by atoms with Crippen LogP contribution >= 0.6 is 0 Å². The van der Waals surface area contributed by atoms with Gasteiger partial charge in [-0.3, -0.25) is 0 Å². The van der Waals surface area contributed by atoms with Crippen LogP contribution in [0, 0.1) is 0 Å². The summed E-state index contributed by atoms with van der Waals surface area (Å²) in [6.45, 7) is 3.28. The molecule has 0 spiro atoms. The Hall–Kier alpha value is -2.07. The third kappa shape index (κ3) is 2.07. The molecule has 3 N–H and O–H groups in total. The molecule has 4 rings (SSSR count). The van der Waals surface area contributed by atoms with Crippen molar-refractivity contribution >= 4 is 10.9 Å². The lowest BCUT2D eigenvalue weighted by Crippen LogP contribution is -2.45. The van der Waals surface area contributed by atoms with Crippen molar-refractivity contribution in [2.24, 2.45) is 0 Å². The molecule has 4 heteroatoms. The molecule has 0 bridgehead atoms. The summed E-state index contributed by atoms with van der Waals surface area (Å²) in [5.41, 5.74) is 5.04. The SMILES string of the molecule is C[C@@]1(CCc2c[nH]c3ccccc23)NCCc2[nH]cnc21. The van der Waals surface area contributed by atoms with Crippen LogP contribution in [-0.2, 0) is 18.4 Å². The molecule has 0 saturated heterocycles. The predicted molar refractivity (Wildman–Crippen MR) is 84.3 cm³/mol. The Bertz CT molecular complexity index is 770. The second kappa shape index (κ2) is 4.74. The fraction of sp³-hybridized carbons (Fsp3) is 0.353. The third-order valence-corrected chi connectivity index (χ3v) is 4.70. The average molecular weight is 280 g/mol. The first-order valence-corrected chi connectivity index (χ1v) is 7.59. The monoisotopic (exact) mass is 280 g/mol. The average Bonchev–Trinajstić information content (AvgIpc) is 3.13. The van der Waals surface area contributed by atoms with Crippen molar-refractivity contribution in [3.05, 3.63) is 53.7 Å². The number of aromatic nitrogens is 3. The van der Waals surface area contributed by atoms with Crippen LogP contribution in [0.25, 0.3) is 10.9 Å². The van der Waals surface area contributed by atoms with E-state index in [4.69, 9.17) is 0 Å². The minimum atomic E-state index is -0.0358. The molecule has 1 aliphatic heterocycles. The fourth-order valence-corrected chi connectivity index (χ4v) is 3.46. The van der Waals surface area contributed by atoms with Gasteiger partial charge in [0.05, 0.1) is 17.6 Å². The van der Waals surface area contributed by atoms with Crippen LogP contribution in [0.1, 0.15) is 30.3 Å². The first-order chi connectivity index (χ1) is 10.3. The fourth-order valence-electron chi connectivity index (χ4n) is 3.46. The molecule has 1 aromatic carbocycles. The predicted octanol–water partition coefficient (Wildman–Crippen LogP) is 2.88. The van der Waals surface area contributed by atoms with E-state index in [1.54, 1.807) is 0 Å². The van der Waals surface area contributed by atoms with Crippen molar-refractivity contribution in [1.82, 2.24) is 20.3 Å². The second-order valence-electron chi connectivity index (χ2n) is 6.10. The van der Waals surface area contributed by atoms with Crippen LogP contribution in [-0.4, -0.2) is 21.5 Å². The number of nitrogens with zero attached hydrogens (tertiary/aromatic N) is 1. The molecule has 0 unspecified atom stereocenters. The normalized spacial score (nSPS) is 21.6. The van der Waals surface area contributed by atoms with Gasteiger partial charge in [-0.2, -0.15) is 0 Å². The maximum absolute atomic E-state index is 4.55. The molecular weight excluding hydrogens is 260 g/mol. The van der Waals surface area contributed by atoms with Gasteiger partial charge in [-0.05, 0) is 31.4 Å². The molecule has 3 aromatic rings. The summed E-state index contributed by atoms with van der Waals surface area (Å²) in [5, 5.41) is 4.99. The Labute approximate surface area is 124 Å². The van der Waals surface area contributed by atoms with Gasteiger partial charge in [0, 0.05) is 35.8 Å². The highest BCUT2D eigenvalue weighted by Crippen LogP contribution is 2.31. The van der Waals surface area contributed by atoms with Crippen molar-refractivity contribution in [3.8, 4) is 0 Å². The van der Waals surface area contributed by atoms with Crippen LogP contribution < -0.4 is 5.32 Å². The summed E-state index contributed by atoms with van der Waals surface area (Å²) in [5.74, 6) is 0. The van der Waals surface area contributed by atoms with Crippen molar-refractivity contribution in [2.45, 2.75) is 31.7 Å². The molecule has 3 heterocycles. The summed E-state index contributed by atoms with van der Waals surface area (Å²) >= 11 is 0. The topological polar surface area (TPSA) is 56.5 Å². The van der Waals surface area contributed by atoms with Gasteiger partial charge in [0.2, 0.25) is 0 Å². The highest BCUT2D eigenvalue weighted by molar-refractivity contribution is 5.83. The molecule has 0 saturated carbocycles. The van der Waals surface area contributed by atoms with Crippen LogP contribution in [0.15, 0.2) is 36.8 Å². The van der Waals surface area contributed by atoms with Crippen LogP contribution in [0.4, 0.5) is 0 Å². The van der Waals surface area contributed by atoms with E-state index in [0.29, 0.717) is 0 Å². The first-order valence-electron chi connectivity index (χ1n) is 7.59. The van der Waals surface area contributed by atoms with E-state index in [2.05, 4.69) is 57.7 Å². The van der Waals surface area contributed by atoms with E-state index < -0.39 is 0 Å². The Morgan fingerprint density at radius 1 is 1.24 bits per heavy atom. The third-order valence-electron chi connectivity index (χ3n) is 4.70. The lowest BCUT2D eigenvalue weighted by atomic mass is 9.86. The highest BCUT2D eigenvalue weighted by Gasteiger charge is 2.33. The zero-order valence-corrected chi connectivity index (χ0v) is 12.2. The molecule has 4 nitrogen and oxygen atoms in total. The van der Waals surface area contributed by atoms with E-state index in [1.165, 1.54) is 27.9 Å². The molecule has 0 amide bonds. The lowest BCUT2D eigenvalue weighted by molar-refractivity contribution is 0.314. The molecule has 1 aliphatic rings. The minimum Gasteiger partial charge on any atom is -0.361 e. The van der Waals surface area contributed by atoms with Gasteiger partial charge in [0.15, 0.2) is 0 Å². The number of H-pyrrole nitrogens is 2. The molecule has 2 aromatic heterocycles. The van der Waals surface area contributed by atoms with E-state index >= 15 is 0 Å². The minimum absolute atomic E-state index is 0.0358. The second-order valence-corrected chi connectivity index (χ2v) is 6.10. The summed E-state index contributed by atoms with van der Waals surface area (Å²) in [6.07, 6.45) is 7.09. The molecule has 0 radical (unpaired) electrons. The Morgan fingerprint density at radius 2 is 2.14 bits per heavy atom. The largest absolute Gasteiger partial charge is 0.361 e. The maximum atomic E-state index is 4.55. The summed E-state index contributed by atoms with van der Waals surface area (Å²) in [4.78, 5) is 11.2. The molecule has 21 heavy (non-hydrogen) atoms. The number of benzene rings is 1. The van der Waals surface area contributed by atoms with Crippen molar-refractivity contribution in [2.75, 3.05) is 6.54 Å². The zero-order valence-electron chi connectivity index (χ0n) is 12.2. The zero-order chi connectivity index (χ0) is 14.3. The number of para-hydroxylation sites is 1. The van der Waals surface area contributed by atoms with Crippen LogP contribution in [0.2, 0.25) is 0 Å². The van der Waals surface area contributed by atoms with Gasteiger partial charge >= 0.3 is 0 Å². The van der Waals surface area contributed by atoms with E-state index in [9.17, 15) is 0 Å². The Morgan fingerprint density at radius 3 is 3.10 bits per heavy atom. The number of rotatable bonds is 3. The molecule has 0 aliphatic carbocycles. The number of nitrogens with one attached hydrogen (secondary N) is 3. The van der Waals surface area contributed by atoms with Crippen LogP contribution in [0.3, 0.4) is 0 Å². The first kappa shape index (κ1) is 12.7. The summed E-state index contributed by atoms with van der Waals surface area (Å²) < 4.78 is 0. The van der Waals surface area contributed by atoms with Gasteiger partial charge in [-0.25, -0.2) is 4.98 Å². The Kier molecular flexibility index (Phi) is 2.86. The number of hydrogen-bond acceptors (Lipinski definition) is 2. The number of imidazole rings is 1.